The van der Waals surface area contributed by atoms with Crippen LogP contribution >= 0.6 is 11.6 Å². The molecule has 0 saturated heterocycles. The number of carboxylic acids is 1. The highest BCUT2D eigenvalue weighted by molar-refractivity contribution is 6.33. The zero-order valence-electron chi connectivity index (χ0n) is 17.7. The summed E-state index contributed by atoms with van der Waals surface area (Å²) >= 11 is 6.39. The fraction of sp³-hybridized carbons (Fsp3) is 0.125. The van der Waals surface area contributed by atoms with Crippen molar-refractivity contribution in [1.82, 2.24) is 24.9 Å². The molecule has 9 heteroatoms. The summed E-state index contributed by atoms with van der Waals surface area (Å²) in [5, 5.41) is 18.2. The second kappa shape index (κ2) is 9.62. The zero-order chi connectivity index (χ0) is 23.4. The third kappa shape index (κ3) is 5.07. The highest BCUT2D eigenvalue weighted by Crippen LogP contribution is 2.28. The minimum absolute atomic E-state index is 0.152. The van der Waals surface area contributed by atoms with E-state index in [1.807, 2.05) is 18.2 Å². The highest BCUT2D eigenvalue weighted by Gasteiger charge is 2.18. The van der Waals surface area contributed by atoms with Gasteiger partial charge in [0.2, 0.25) is 0 Å². The van der Waals surface area contributed by atoms with Gasteiger partial charge in [-0.15, -0.1) is 5.10 Å². The Morgan fingerprint density at radius 3 is 2.64 bits per heavy atom. The molecule has 8 nitrogen and oxygen atoms in total. The number of benzene rings is 2. The normalized spacial score (nSPS) is 10.7. The summed E-state index contributed by atoms with van der Waals surface area (Å²) in [4.78, 5) is 30.3. The molecule has 2 aromatic heterocycles. The Morgan fingerprint density at radius 1 is 1.09 bits per heavy atom. The Hall–Kier alpha value is -4.04. The number of amides is 1. The summed E-state index contributed by atoms with van der Waals surface area (Å²) in [5.41, 5.74) is 3.07. The fourth-order valence-corrected chi connectivity index (χ4v) is 3.64. The van der Waals surface area contributed by atoms with Gasteiger partial charge in [-0.2, -0.15) is 0 Å². The van der Waals surface area contributed by atoms with E-state index in [2.05, 4.69) is 15.3 Å². The molecule has 166 valence electrons. The van der Waals surface area contributed by atoms with E-state index >= 15 is 0 Å². The standard InChI is InChI=1S/C24H20ClN5O3/c1-29(13-17-6-2-3-8-19(17)24(32)33)23(31)16-9-10-21(25)20(12-16)22-15-30(28-27-22)14-18-7-4-5-11-26-18/h2-12,15H,13-14H2,1H3,(H,32,33). The van der Waals surface area contributed by atoms with Gasteiger partial charge in [-0.1, -0.05) is 41.1 Å². The Balaban J connectivity index is 1.55. The van der Waals surface area contributed by atoms with Crippen LogP contribution in [0.15, 0.2) is 73.1 Å². The lowest BCUT2D eigenvalue weighted by Crippen LogP contribution is -2.27. The van der Waals surface area contributed by atoms with Gasteiger partial charge in [0, 0.05) is 30.9 Å². The van der Waals surface area contributed by atoms with Gasteiger partial charge >= 0.3 is 5.97 Å². The van der Waals surface area contributed by atoms with Gasteiger partial charge in [0.15, 0.2) is 0 Å². The van der Waals surface area contributed by atoms with Crippen molar-refractivity contribution in [3.05, 3.63) is 100 Å². The quantitative estimate of drug-likeness (QED) is 0.446. The molecule has 0 spiro atoms. The van der Waals surface area contributed by atoms with Crippen LogP contribution in [0.5, 0.6) is 0 Å². The molecule has 4 rings (SSSR count). The van der Waals surface area contributed by atoms with E-state index in [1.165, 1.54) is 11.0 Å². The van der Waals surface area contributed by atoms with E-state index in [1.54, 1.807) is 60.5 Å². The van der Waals surface area contributed by atoms with Gasteiger partial charge in [0.05, 0.1) is 29.0 Å². The van der Waals surface area contributed by atoms with Crippen molar-refractivity contribution in [3.63, 3.8) is 0 Å². The maximum Gasteiger partial charge on any atom is 0.336 e. The molecule has 1 amide bonds. The average molecular weight is 462 g/mol. The number of hydrogen-bond donors (Lipinski definition) is 1. The Labute approximate surface area is 195 Å². The summed E-state index contributed by atoms with van der Waals surface area (Å²) in [6.45, 7) is 0.606. The monoisotopic (exact) mass is 461 g/mol. The first-order chi connectivity index (χ1) is 15.9. The van der Waals surface area contributed by atoms with Gasteiger partial charge in [-0.25, -0.2) is 9.48 Å². The van der Waals surface area contributed by atoms with E-state index in [4.69, 9.17) is 11.6 Å². The van der Waals surface area contributed by atoms with Crippen molar-refractivity contribution in [2.75, 3.05) is 7.05 Å². The van der Waals surface area contributed by atoms with E-state index < -0.39 is 5.97 Å². The van der Waals surface area contributed by atoms with Crippen molar-refractivity contribution in [3.8, 4) is 11.3 Å². The molecule has 0 atom stereocenters. The molecule has 0 radical (unpaired) electrons. The van der Waals surface area contributed by atoms with E-state index in [0.29, 0.717) is 34.0 Å². The molecule has 33 heavy (non-hydrogen) atoms. The summed E-state index contributed by atoms with van der Waals surface area (Å²) in [6.07, 6.45) is 3.46. The summed E-state index contributed by atoms with van der Waals surface area (Å²) < 4.78 is 1.65. The number of hydrogen-bond acceptors (Lipinski definition) is 5. The Kier molecular flexibility index (Phi) is 6.46. The van der Waals surface area contributed by atoms with Gasteiger partial charge in [-0.3, -0.25) is 9.78 Å². The molecule has 0 aliphatic heterocycles. The van der Waals surface area contributed by atoms with Crippen LogP contribution in [-0.4, -0.2) is 48.9 Å². The molecule has 2 heterocycles. The second-order valence-electron chi connectivity index (χ2n) is 7.44. The molecular weight excluding hydrogens is 442 g/mol. The third-order valence-corrected chi connectivity index (χ3v) is 5.41. The number of carbonyl (C=O) groups is 2. The summed E-state index contributed by atoms with van der Waals surface area (Å²) in [7, 11) is 1.62. The third-order valence-electron chi connectivity index (χ3n) is 5.08. The number of halogens is 1. The number of rotatable bonds is 7. The number of aromatic nitrogens is 4. The molecule has 1 N–H and O–H groups in total. The minimum Gasteiger partial charge on any atom is -0.478 e. The lowest BCUT2D eigenvalue weighted by molar-refractivity contribution is 0.0688. The van der Waals surface area contributed by atoms with Crippen molar-refractivity contribution < 1.29 is 14.7 Å². The number of pyridine rings is 1. The van der Waals surface area contributed by atoms with Crippen molar-refractivity contribution in [2.45, 2.75) is 13.1 Å². The van der Waals surface area contributed by atoms with E-state index in [-0.39, 0.29) is 18.0 Å². The molecule has 4 aromatic rings. The SMILES string of the molecule is CN(Cc1ccccc1C(=O)O)C(=O)c1ccc(Cl)c(-c2cn(Cc3ccccn3)nn2)c1. The molecule has 2 aromatic carbocycles. The maximum atomic E-state index is 13.1. The summed E-state index contributed by atoms with van der Waals surface area (Å²) in [5.74, 6) is -1.30. The van der Waals surface area contributed by atoms with Crippen molar-refractivity contribution in [2.24, 2.45) is 0 Å². The van der Waals surface area contributed by atoms with Crippen LogP contribution in [-0.2, 0) is 13.1 Å². The molecule has 0 unspecified atom stereocenters. The molecule has 0 fully saturated rings. The predicted octanol–water partition coefficient (Wildman–Crippen LogP) is 4.01. The van der Waals surface area contributed by atoms with Crippen LogP contribution in [0, 0.1) is 0 Å². The first kappa shape index (κ1) is 22.2. The van der Waals surface area contributed by atoms with Crippen molar-refractivity contribution in [1.29, 1.82) is 0 Å². The Morgan fingerprint density at radius 2 is 1.88 bits per heavy atom. The van der Waals surface area contributed by atoms with Gasteiger partial charge in [-0.05, 0) is 42.0 Å². The molecule has 0 saturated carbocycles. The van der Waals surface area contributed by atoms with Gasteiger partial charge in [0.1, 0.15) is 5.69 Å². The lowest BCUT2D eigenvalue weighted by Gasteiger charge is -2.19. The van der Waals surface area contributed by atoms with Crippen LogP contribution in [0.25, 0.3) is 11.3 Å². The maximum absolute atomic E-state index is 13.1. The van der Waals surface area contributed by atoms with Crippen molar-refractivity contribution >= 4 is 23.5 Å². The smallest absolute Gasteiger partial charge is 0.336 e. The van der Waals surface area contributed by atoms with Crippen LogP contribution < -0.4 is 0 Å². The minimum atomic E-state index is -1.03. The molecule has 0 aliphatic carbocycles. The van der Waals surface area contributed by atoms with Gasteiger partial charge in [0.25, 0.3) is 5.91 Å². The zero-order valence-corrected chi connectivity index (χ0v) is 18.5. The molecule has 0 bridgehead atoms. The van der Waals surface area contributed by atoms with Crippen LogP contribution in [0.2, 0.25) is 5.02 Å². The topological polar surface area (TPSA) is 101 Å². The fourth-order valence-electron chi connectivity index (χ4n) is 3.43. The Bertz CT molecular complexity index is 1310. The first-order valence-corrected chi connectivity index (χ1v) is 10.5. The number of carboxylic acid groups (broad SMARTS) is 1. The first-order valence-electron chi connectivity index (χ1n) is 10.1. The van der Waals surface area contributed by atoms with E-state index in [9.17, 15) is 14.7 Å². The van der Waals surface area contributed by atoms with E-state index in [0.717, 1.165) is 5.69 Å². The number of nitrogens with zero attached hydrogens (tertiary/aromatic N) is 5. The lowest BCUT2D eigenvalue weighted by atomic mass is 10.1. The van der Waals surface area contributed by atoms with Crippen LogP contribution in [0.3, 0.4) is 0 Å². The van der Waals surface area contributed by atoms with Crippen LogP contribution in [0.4, 0.5) is 0 Å². The highest BCUT2D eigenvalue weighted by atomic mass is 35.5. The number of carbonyl (C=O) groups excluding carboxylic acids is 1. The predicted molar refractivity (Wildman–Crippen MR) is 123 cm³/mol. The number of aromatic carboxylic acids is 1. The van der Waals surface area contributed by atoms with Crippen LogP contribution in [0.1, 0.15) is 32.0 Å². The largest absolute Gasteiger partial charge is 0.478 e. The second-order valence-corrected chi connectivity index (χ2v) is 7.85. The van der Waals surface area contributed by atoms with Gasteiger partial charge < -0.3 is 10.0 Å². The summed E-state index contributed by atoms with van der Waals surface area (Å²) in [6, 6.07) is 17.2. The molecular formula is C24H20ClN5O3. The molecule has 0 aliphatic rings. The average Bonchev–Trinajstić information content (AvgIpc) is 3.28.